The Hall–Kier alpha value is -1.29. The van der Waals surface area contributed by atoms with Crippen molar-refractivity contribution in [2.24, 2.45) is 5.92 Å². The van der Waals surface area contributed by atoms with E-state index in [-0.39, 0.29) is 18.1 Å². The quantitative estimate of drug-likeness (QED) is 0.823. The molecule has 1 aliphatic rings. The molecule has 0 bridgehead atoms. The number of halogens is 2. The number of carbonyl (C=O) groups excluding carboxylic acids is 1. The van der Waals surface area contributed by atoms with Gasteiger partial charge in [-0.25, -0.2) is 8.78 Å². The van der Waals surface area contributed by atoms with Crippen LogP contribution in [0.3, 0.4) is 0 Å². The minimum atomic E-state index is -0.653. The molecule has 4 heteroatoms. The topological polar surface area (TPSA) is 26.3 Å². The van der Waals surface area contributed by atoms with Gasteiger partial charge in [0.05, 0.1) is 0 Å². The van der Waals surface area contributed by atoms with Gasteiger partial charge >= 0.3 is 0 Å². The van der Waals surface area contributed by atoms with Gasteiger partial charge in [0.1, 0.15) is 17.7 Å². The number of hydrogen-bond acceptors (Lipinski definition) is 2. The molecular formula is C16H20F2O2. The van der Waals surface area contributed by atoms with E-state index < -0.39 is 17.7 Å². The molecule has 0 saturated heterocycles. The maximum atomic E-state index is 13.1. The molecule has 0 radical (unpaired) electrons. The van der Waals surface area contributed by atoms with Crippen molar-refractivity contribution in [1.82, 2.24) is 0 Å². The van der Waals surface area contributed by atoms with E-state index in [2.05, 4.69) is 0 Å². The van der Waals surface area contributed by atoms with Crippen LogP contribution in [0.2, 0.25) is 0 Å². The molecule has 1 atom stereocenters. The van der Waals surface area contributed by atoms with Gasteiger partial charge in [0.25, 0.3) is 0 Å². The molecule has 1 fully saturated rings. The van der Waals surface area contributed by atoms with E-state index in [0.29, 0.717) is 5.56 Å². The Morgan fingerprint density at radius 1 is 1.20 bits per heavy atom. The summed E-state index contributed by atoms with van der Waals surface area (Å²) in [5.74, 6) is -1.16. The lowest BCUT2D eigenvalue weighted by Crippen LogP contribution is -2.34. The van der Waals surface area contributed by atoms with Crippen molar-refractivity contribution in [3.8, 4) is 0 Å². The first kappa shape index (κ1) is 15.1. The summed E-state index contributed by atoms with van der Waals surface area (Å²) in [6, 6.07) is 3.21. The molecule has 0 amide bonds. The van der Waals surface area contributed by atoms with Gasteiger partial charge in [-0.2, -0.15) is 0 Å². The predicted molar refractivity (Wildman–Crippen MR) is 72.4 cm³/mol. The smallest absolute Gasteiger partial charge is 0.166 e. The predicted octanol–water partition coefficient (Wildman–Crippen LogP) is 3.67. The first-order chi connectivity index (χ1) is 9.60. The Morgan fingerprint density at radius 3 is 2.35 bits per heavy atom. The fraction of sp³-hybridized carbons (Fsp3) is 0.562. The van der Waals surface area contributed by atoms with Crippen molar-refractivity contribution >= 4 is 5.78 Å². The third kappa shape index (κ3) is 3.85. The average molecular weight is 282 g/mol. The Kier molecular flexibility index (Phi) is 5.24. The van der Waals surface area contributed by atoms with E-state index in [9.17, 15) is 13.6 Å². The molecule has 20 heavy (non-hydrogen) atoms. The third-order valence-electron chi connectivity index (χ3n) is 3.95. The first-order valence-electron chi connectivity index (χ1n) is 7.10. The summed E-state index contributed by atoms with van der Waals surface area (Å²) in [6.07, 6.45) is 4.98. The lowest BCUT2D eigenvalue weighted by molar-refractivity contribution is -0.132. The van der Waals surface area contributed by atoms with Gasteiger partial charge < -0.3 is 4.74 Å². The number of carbonyl (C=O) groups is 1. The van der Waals surface area contributed by atoms with E-state index in [1.54, 1.807) is 0 Å². The number of ketones is 1. The lowest BCUT2D eigenvalue weighted by atomic mass is 9.82. The van der Waals surface area contributed by atoms with Crippen LogP contribution in [0.15, 0.2) is 18.2 Å². The number of methoxy groups -OCH3 is 1. The highest BCUT2D eigenvalue weighted by atomic mass is 19.1. The van der Waals surface area contributed by atoms with E-state index >= 15 is 0 Å². The fourth-order valence-electron chi connectivity index (χ4n) is 3.04. The highest BCUT2D eigenvalue weighted by Gasteiger charge is 2.29. The van der Waals surface area contributed by atoms with Crippen LogP contribution >= 0.6 is 0 Å². The second-order valence-corrected chi connectivity index (χ2v) is 5.48. The molecule has 1 saturated carbocycles. The summed E-state index contributed by atoms with van der Waals surface area (Å²) in [5.41, 5.74) is 0.366. The zero-order chi connectivity index (χ0) is 14.5. The number of rotatable bonds is 5. The second kappa shape index (κ2) is 6.93. The van der Waals surface area contributed by atoms with Gasteiger partial charge in [-0.05, 0) is 36.5 Å². The van der Waals surface area contributed by atoms with Gasteiger partial charge in [0, 0.05) is 19.6 Å². The van der Waals surface area contributed by atoms with Crippen LogP contribution in [0.5, 0.6) is 0 Å². The molecule has 1 aromatic carbocycles. The summed E-state index contributed by atoms with van der Waals surface area (Å²) in [5, 5.41) is 0. The van der Waals surface area contributed by atoms with Crippen LogP contribution in [-0.4, -0.2) is 19.0 Å². The van der Waals surface area contributed by atoms with Gasteiger partial charge in [0.15, 0.2) is 5.78 Å². The number of Topliss-reactive ketones (excluding diaryl/α,β-unsaturated/α-hetero) is 1. The van der Waals surface area contributed by atoms with Gasteiger partial charge in [-0.3, -0.25) is 4.79 Å². The Bertz CT molecular complexity index is 447. The summed E-state index contributed by atoms with van der Waals surface area (Å²) < 4.78 is 31.6. The third-order valence-corrected chi connectivity index (χ3v) is 3.95. The molecule has 0 aromatic heterocycles. The van der Waals surface area contributed by atoms with Crippen molar-refractivity contribution in [3.05, 3.63) is 35.4 Å². The first-order valence-corrected chi connectivity index (χ1v) is 7.10. The average Bonchev–Trinajstić information content (AvgIpc) is 2.39. The number of ether oxygens (including phenoxy) is 1. The van der Waals surface area contributed by atoms with Crippen molar-refractivity contribution < 1.29 is 18.3 Å². The van der Waals surface area contributed by atoms with Crippen LogP contribution in [0.4, 0.5) is 8.78 Å². The van der Waals surface area contributed by atoms with Crippen molar-refractivity contribution in [2.75, 3.05) is 7.11 Å². The SMILES string of the molecule is COC(C(=O)Cc1cc(F)cc(F)c1)C1CCCCC1. The molecular weight excluding hydrogens is 262 g/mol. The second-order valence-electron chi connectivity index (χ2n) is 5.48. The molecule has 1 unspecified atom stereocenters. The summed E-state index contributed by atoms with van der Waals surface area (Å²) in [4.78, 5) is 12.3. The maximum Gasteiger partial charge on any atom is 0.166 e. The zero-order valence-corrected chi connectivity index (χ0v) is 11.7. The lowest BCUT2D eigenvalue weighted by Gasteiger charge is -2.28. The highest BCUT2D eigenvalue weighted by molar-refractivity contribution is 5.85. The van der Waals surface area contributed by atoms with Crippen molar-refractivity contribution in [2.45, 2.75) is 44.6 Å². The minimum Gasteiger partial charge on any atom is -0.373 e. The van der Waals surface area contributed by atoms with E-state index in [1.807, 2.05) is 0 Å². The van der Waals surface area contributed by atoms with Gasteiger partial charge in [-0.15, -0.1) is 0 Å². The molecule has 110 valence electrons. The fourth-order valence-corrected chi connectivity index (χ4v) is 3.04. The monoisotopic (exact) mass is 282 g/mol. The molecule has 0 N–H and O–H groups in total. The van der Waals surface area contributed by atoms with E-state index in [0.717, 1.165) is 31.7 Å². The zero-order valence-electron chi connectivity index (χ0n) is 11.7. The van der Waals surface area contributed by atoms with Crippen LogP contribution in [0.1, 0.15) is 37.7 Å². The molecule has 0 spiro atoms. The van der Waals surface area contributed by atoms with Gasteiger partial charge in [0.2, 0.25) is 0 Å². The largest absolute Gasteiger partial charge is 0.373 e. The number of benzene rings is 1. The summed E-state index contributed by atoms with van der Waals surface area (Å²) >= 11 is 0. The summed E-state index contributed by atoms with van der Waals surface area (Å²) in [6.45, 7) is 0. The molecule has 1 aliphatic carbocycles. The standard InChI is InChI=1S/C16H20F2O2/c1-20-16(12-5-3-2-4-6-12)15(19)9-11-7-13(17)10-14(18)8-11/h7-8,10,12,16H,2-6,9H2,1H3. The van der Waals surface area contributed by atoms with Crippen molar-refractivity contribution in [1.29, 1.82) is 0 Å². The van der Waals surface area contributed by atoms with E-state index in [4.69, 9.17) is 4.74 Å². The van der Waals surface area contributed by atoms with Crippen LogP contribution < -0.4 is 0 Å². The van der Waals surface area contributed by atoms with Gasteiger partial charge in [-0.1, -0.05) is 19.3 Å². The number of hydrogen-bond donors (Lipinski definition) is 0. The highest BCUT2D eigenvalue weighted by Crippen LogP contribution is 2.28. The minimum absolute atomic E-state index is 0.0175. The Morgan fingerprint density at radius 2 is 1.80 bits per heavy atom. The summed E-state index contributed by atoms with van der Waals surface area (Å²) in [7, 11) is 1.53. The van der Waals surface area contributed by atoms with Crippen molar-refractivity contribution in [3.63, 3.8) is 0 Å². The van der Waals surface area contributed by atoms with Crippen LogP contribution in [0, 0.1) is 17.6 Å². The molecule has 2 nitrogen and oxygen atoms in total. The molecule has 1 aromatic rings. The Labute approximate surface area is 118 Å². The van der Waals surface area contributed by atoms with Crippen LogP contribution in [-0.2, 0) is 16.0 Å². The molecule has 2 rings (SSSR count). The normalized spacial score (nSPS) is 17.9. The molecule has 0 heterocycles. The van der Waals surface area contributed by atoms with Crippen LogP contribution in [0.25, 0.3) is 0 Å². The Balaban J connectivity index is 2.04. The molecule has 0 aliphatic heterocycles. The van der Waals surface area contributed by atoms with E-state index in [1.165, 1.54) is 25.7 Å². The maximum absolute atomic E-state index is 13.1.